The fourth-order valence-corrected chi connectivity index (χ4v) is 2.98. The molecule has 0 bridgehead atoms. The monoisotopic (exact) mass is 313 g/mol. The second kappa shape index (κ2) is 6.21. The van der Waals surface area contributed by atoms with Crippen molar-refractivity contribution in [3.63, 3.8) is 0 Å². The van der Waals surface area contributed by atoms with Gasteiger partial charge in [-0.3, -0.25) is 0 Å². The highest BCUT2D eigenvalue weighted by Crippen LogP contribution is 2.36. The SMILES string of the molecule is N/C(=N\O)C1(c2ccc(-c3cnc(N)nc3)cc2)CCOCC1. The molecule has 7 heteroatoms. The number of benzene rings is 1. The predicted molar refractivity (Wildman–Crippen MR) is 87.0 cm³/mol. The molecule has 0 atom stereocenters. The molecule has 5 N–H and O–H groups in total. The molecule has 0 unspecified atom stereocenters. The number of anilines is 1. The Morgan fingerprint density at radius 1 is 1.09 bits per heavy atom. The maximum atomic E-state index is 9.17. The maximum Gasteiger partial charge on any atom is 0.219 e. The van der Waals surface area contributed by atoms with E-state index in [4.69, 9.17) is 21.4 Å². The highest BCUT2D eigenvalue weighted by Gasteiger charge is 2.38. The number of nitrogens with zero attached hydrogens (tertiary/aromatic N) is 3. The lowest BCUT2D eigenvalue weighted by molar-refractivity contribution is 0.0695. The number of rotatable bonds is 3. The second-order valence-corrected chi connectivity index (χ2v) is 5.59. The van der Waals surface area contributed by atoms with Gasteiger partial charge in [0.1, 0.15) is 5.84 Å². The van der Waals surface area contributed by atoms with Gasteiger partial charge in [0.25, 0.3) is 0 Å². The fraction of sp³-hybridized carbons (Fsp3) is 0.312. The van der Waals surface area contributed by atoms with E-state index < -0.39 is 5.41 Å². The van der Waals surface area contributed by atoms with Gasteiger partial charge in [-0.1, -0.05) is 29.4 Å². The van der Waals surface area contributed by atoms with Crippen molar-refractivity contribution in [3.05, 3.63) is 42.2 Å². The zero-order valence-corrected chi connectivity index (χ0v) is 12.6. The van der Waals surface area contributed by atoms with Crippen molar-refractivity contribution in [1.82, 2.24) is 9.97 Å². The number of nitrogens with two attached hydrogens (primary N) is 2. The molecule has 1 aliphatic rings. The summed E-state index contributed by atoms with van der Waals surface area (Å²) in [5, 5.41) is 12.4. The van der Waals surface area contributed by atoms with E-state index in [1.54, 1.807) is 12.4 Å². The van der Waals surface area contributed by atoms with Crippen LogP contribution in [0.5, 0.6) is 0 Å². The Morgan fingerprint density at radius 3 is 2.26 bits per heavy atom. The Balaban J connectivity index is 1.95. The van der Waals surface area contributed by atoms with E-state index in [0.717, 1.165) is 16.7 Å². The molecular formula is C16H19N5O2. The van der Waals surface area contributed by atoms with Crippen LogP contribution in [0.3, 0.4) is 0 Å². The molecule has 7 nitrogen and oxygen atoms in total. The molecule has 120 valence electrons. The summed E-state index contributed by atoms with van der Waals surface area (Å²) >= 11 is 0. The number of hydrogen-bond acceptors (Lipinski definition) is 6. The number of hydrogen-bond donors (Lipinski definition) is 3. The second-order valence-electron chi connectivity index (χ2n) is 5.59. The molecule has 0 saturated carbocycles. The third kappa shape index (κ3) is 2.83. The van der Waals surface area contributed by atoms with Crippen molar-refractivity contribution in [2.24, 2.45) is 10.9 Å². The Hall–Kier alpha value is -2.67. The van der Waals surface area contributed by atoms with Crippen LogP contribution >= 0.6 is 0 Å². The van der Waals surface area contributed by atoms with Gasteiger partial charge < -0.3 is 21.4 Å². The third-order valence-electron chi connectivity index (χ3n) is 4.39. The number of ether oxygens (including phenoxy) is 1. The summed E-state index contributed by atoms with van der Waals surface area (Å²) in [6.45, 7) is 1.17. The molecular weight excluding hydrogens is 294 g/mol. The minimum Gasteiger partial charge on any atom is -0.409 e. The summed E-state index contributed by atoms with van der Waals surface area (Å²) in [5.41, 5.74) is 13.9. The summed E-state index contributed by atoms with van der Waals surface area (Å²) in [4.78, 5) is 8.00. The van der Waals surface area contributed by atoms with Gasteiger partial charge in [0.2, 0.25) is 5.95 Å². The third-order valence-corrected chi connectivity index (χ3v) is 4.39. The Morgan fingerprint density at radius 2 is 1.70 bits per heavy atom. The first-order valence-electron chi connectivity index (χ1n) is 7.40. The molecule has 23 heavy (non-hydrogen) atoms. The molecule has 1 aromatic heterocycles. The standard InChI is InChI=1S/C16H19N5O2/c17-14(21-22)16(5-7-23-8-6-16)13-3-1-11(2-4-13)12-9-19-15(18)20-10-12/h1-4,9-10,22H,5-8H2,(H2,17,21)(H2,18,19,20). The topological polar surface area (TPSA) is 120 Å². The van der Waals surface area contributed by atoms with Gasteiger partial charge in [-0.25, -0.2) is 9.97 Å². The zero-order valence-electron chi connectivity index (χ0n) is 12.6. The van der Waals surface area contributed by atoms with Crippen molar-refractivity contribution in [1.29, 1.82) is 0 Å². The van der Waals surface area contributed by atoms with Gasteiger partial charge in [0.05, 0.1) is 5.41 Å². The van der Waals surface area contributed by atoms with Crippen LogP contribution in [0.1, 0.15) is 18.4 Å². The first-order chi connectivity index (χ1) is 11.2. The number of aromatic nitrogens is 2. The van der Waals surface area contributed by atoms with E-state index in [9.17, 15) is 0 Å². The molecule has 2 aromatic rings. The molecule has 1 saturated heterocycles. The van der Waals surface area contributed by atoms with Gasteiger partial charge >= 0.3 is 0 Å². The van der Waals surface area contributed by atoms with E-state index in [0.29, 0.717) is 26.1 Å². The van der Waals surface area contributed by atoms with Crippen molar-refractivity contribution >= 4 is 11.8 Å². The zero-order chi connectivity index (χ0) is 16.3. The Labute approximate surface area is 134 Å². The molecule has 1 aliphatic heterocycles. The molecule has 1 fully saturated rings. The molecule has 0 amide bonds. The molecule has 3 rings (SSSR count). The molecule has 0 radical (unpaired) electrons. The smallest absolute Gasteiger partial charge is 0.219 e. The van der Waals surface area contributed by atoms with Gasteiger partial charge in [-0.15, -0.1) is 0 Å². The average Bonchev–Trinajstić information content (AvgIpc) is 2.62. The first-order valence-corrected chi connectivity index (χ1v) is 7.40. The maximum absolute atomic E-state index is 9.17. The van der Waals surface area contributed by atoms with E-state index in [-0.39, 0.29) is 11.8 Å². The highest BCUT2D eigenvalue weighted by atomic mass is 16.5. The van der Waals surface area contributed by atoms with E-state index in [1.165, 1.54) is 0 Å². The highest BCUT2D eigenvalue weighted by molar-refractivity contribution is 5.91. The lowest BCUT2D eigenvalue weighted by atomic mass is 9.73. The summed E-state index contributed by atoms with van der Waals surface area (Å²) in [7, 11) is 0. The summed E-state index contributed by atoms with van der Waals surface area (Å²) in [6, 6.07) is 7.95. The van der Waals surface area contributed by atoms with Crippen LogP contribution in [0.25, 0.3) is 11.1 Å². The van der Waals surface area contributed by atoms with Crippen LogP contribution in [0.4, 0.5) is 5.95 Å². The minimum absolute atomic E-state index is 0.226. The lowest BCUT2D eigenvalue weighted by Gasteiger charge is -2.36. The molecule has 0 aliphatic carbocycles. The van der Waals surface area contributed by atoms with Crippen molar-refractivity contribution < 1.29 is 9.94 Å². The quantitative estimate of drug-likeness (QED) is 0.342. The number of nitrogen functional groups attached to an aromatic ring is 1. The van der Waals surface area contributed by atoms with Gasteiger partial charge in [0, 0.05) is 31.2 Å². The normalized spacial score (nSPS) is 17.8. The van der Waals surface area contributed by atoms with Crippen molar-refractivity contribution in [2.45, 2.75) is 18.3 Å². The fourth-order valence-electron chi connectivity index (χ4n) is 2.98. The lowest BCUT2D eigenvalue weighted by Crippen LogP contribution is -2.45. The van der Waals surface area contributed by atoms with Crippen LogP contribution in [0, 0.1) is 0 Å². The van der Waals surface area contributed by atoms with Crippen molar-refractivity contribution in [2.75, 3.05) is 18.9 Å². The summed E-state index contributed by atoms with van der Waals surface area (Å²) in [6.07, 6.45) is 4.75. The predicted octanol–water partition coefficient (Wildman–Crippen LogP) is 1.52. The van der Waals surface area contributed by atoms with E-state index >= 15 is 0 Å². The summed E-state index contributed by atoms with van der Waals surface area (Å²) < 4.78 is 5.42. The van der Waals surface area contributed by atoms with Crippen LogP contribution < -0.4 is 11.5 Å². The number of amidine groups is 1. The molecule has 2 heterocycles. The van der Waals surface area contributed by atoms with Crippen LogP contribution in [-0.4, -0.2) is 34.2 Å². The van der Waals surface area contributed by atoms with Gasteiger partial charge in [0.15, 0.2) is 0 Å². The first kappa shape index (κ1) is 15.2. The van der Waals surface area contributed by atoms with Crippen molar-refractivity contribution in [3.8, 4) is 11.1 Å². The van der Waals surface area contributed by atoms with E-state index in [2.05, 4.69) is 15.1 Å². The van der Waals surface area contributed by atoms with Crippen LogP contribution in [0.15, 0.2) is 41.8 Å². The van der Waals surface area contributed by atoms with Crippen LogP contribution in [-0.2, 0) is 10.2 Å². The molecule has 1 aromatic carbocycles. The average molecular weight is 313 g/mol. The van der Waals surface area contributed by atoms with Crippen LogP contribution in [0.2, 0.25) is 0 Å². The van der Waals surface area contributed by atoms with E-state index in [1.807, 2.05) is 24.3 Å². The summed E-state index contributed by atoms with van der Waals surface area (Å²) in [5.74, 6) is 0.475. The Kier molecular flexibility index (Phi) is 4.12. The van der Waals surface area contributed by atoms with Gasteiger partial charge in [-0.05, 0) is 24.0 Å². The largest absolute Gasteiger partial charge is 0.409 e. The number of oxime groups is 1. The minimum atomic E-state index is -0.483. The van der Waals surface area contributed by atoms with Gasteiger partial charge in [-0.2, -0.15) is 0 Å². The Bertz CT molecular complexity index is 691. The molecule has 0 spiro atoms.